The second-order valence-electron chi connectivity index (χ2n) is 6.91. The molecular weight excluding hydrogens is 444 g/mol. The second kappa shape index (κ2) is 9.51. The maximum Gasteiger partial charge on any atom is 0.323 e. The molecule has 0 unspecified atom stereocenters. The third kappa shape index (κ3) is 4.84. The molecule has 0 aliphatic heterocycles. The van der Waals surface area contributed by atoms with E-state index in [-0.39, 0.29) is 6.03 Å². The van der Waals surface area contributed by atoms with E-state index in [9.17, 15) is 9.59 Å². The number of anilines is 4. The first-order chi connectivity index (χ1) is 16.0. The van der Waals surface area contributed by atoms with Gasteiger partial charge in [0.2, 0.25) is 0 Å². The van der Waals surface area contributed by atoms with E-state index in [1.165, 1.54) is 17.7 Å². The number of fused-ring (bicyclic) bond motifs is 1. The van der Waals surface area contributed by atoms with E-state index in [4.69, 9.17) is 9.94 Å². The highest BCUT2D eigenvalue weighted by atomic mass is 32.1. The minimum atomic E-state index is -0.593. The summed E-state index contributed by atoms with van der Waals surface area (Å²) in [6, 6.07) is 13.7. The molecule has 0 radical (unpaired) electrons. The summed E-state index contributed by atoms with van der Waals surface area (Å²) in [5.41, 5.74) is 4.25. The molecule has 11 heteroatoms. The standard InChI is InChI=1S/C22H20N6O4S/c1-12-17-19(23-11-24-21(17)33-18(12)20(29)28-31)25-13-6-8-14(9-7-13)26-22(30)27-15-4-3-5-16(10-15)32-2/h3-11,31H,1-2H3,(H,28,29)(H,23,24,25)(H2,26,27,30). The summed E-state index contributed by atoms with van der Waals surface area (Å²) in [7, 11) is 1.56. The van der Waals surface area contributed by atoms with E-state index in [1.807, 2.05) is 0 Å². The van der Waals surface area contributed by atoms with E-state index < -0.39 is 5.91 Å². The van der Waals surface area contributed by atoms with Crippen LogP contribution in [0.5, 0.6) is 5.75 Å². The Morgan fingerprint density at radius 2 is 1.73 bits per heavy atom. The number of hydroxylamine groups is 1. The molecular formula is C22H20N6O4S. The van der Waals surface area contributed by atoms with Crippen molar-refractivity contribution in [2.45, 2.75) is 6.92 Å². The fourth-order valence-corrected chi connectivity index (χ4v) is 4.24. The van der Waals surface area contributed by atoms with Gasteiger partial charge in [-0.15, -0.1) is 11.3 Å². The van der Waals surface area contributed by atoms with Crippen molar-refractivity contribution in [3.8, 4) is 5.75 Å². The number of methoxy groups -OCH3 is 1. The number of hydrogen-bond acceptors (Lipinski definition) is 8. The van der Waals surface area contributed by atoms with Crippen molar-refractivity contribution in [2.75, 3.05) is 23.1 Å². The van der Waals surface area contributed by atoms with Crippen molar-refractivity contribution in [3.05, 3.63) is 65.3 Å². The van der Waals surface area contributed by atoms with Gasteiger partial charge in [-0.05, 0) is 48.9 Å². The quantitative estimate of drug-likeness (QED) is 0.209. The third-order valence-corrected chi connectivity index (χ3v) is 5.97. The monoisotopic (exact) mass is 464 g/mol. The van der Waals surface area contributed by atoms with Crippen LogP contribution in [0.25, 0.3) is 10.2 Å². The molecule has 0 aliphatic carbocycles. The van der Waals surface area contributed by atoms with Crippen LogP contribution in [-0.4, -0.2) is 34.2 Å². The van der Waals surface area contributed by atoms with E-state index >= 15 is 0 Å². The molecule has 0 aliphatic rings. The van der Waals surface area contributed by atoms with E-state index in [2.05, 4.69) is 25.9 Å². The van der Waals surface area contributed by atoms with Crippen molar-refractivity contribution < 1.29 is 19.5 Å². The lowest BCUT2D eigenvalue weighted by Crippen LogP contribution is -2.19. The first kappa shape index (κ1) is 22.0. The zero-order valence-electron chi connectivity index (χ0n) is 17.7. The summed E-state index contributed by atoms with van der Waals surface area (Å²) >= 11 is 1.17. The Morgan fingerprint density at radius 1 is 1.00 bits per heavy atom. The maximum atomic E-state index is 12.3. The van der Waals surface area contributed by atoms with Crippen LogP contribution < -0.4 is 26.2 Å². The Bertz CT molecular complexity index is 1320. The first-order valence-electron chi connectivity index (χ1n) is 9.76. The van der Waals surface area contributed by atoms with Gasteiger partial charge in [0.25, 0.3) is 5.91 Å². The molecule has 2 heterocycles. The number of carbonyl (C=O) groups is 2. The number of nitrogens with zero attached hydrogens (tertiary/aromatic N) is 2. The number of amides is 3. The molecule has 0 saturated heterocycles. The number of benzene rings is 2. The van der Waals surface area contributed by atoms with Crippen LogP contribution in [0.2, 0.25) is 0 Å². The van der Waals surface area contributed by atoms with Crippen LogP contribution in [0.4, 0.5) is 27.7 Å². The normalized spacial score (nSPS) is 10.5. The fraction of sp³-hybridized carbons (Fsp3) is 0.0909. The van der Waals surface area contributed by atoms with Crippen LogP contribution in [0.3, 0.4) is 0 Å². The smallest absolute Gasteiger partial charge is 0.323 e. The summed E-state index contributed by atoms with van der Waals surface area (Å²) in [4.78, 5) is 33.7. The van der Waals surface area contributed by atoms with E-state index in [0.29, 0.717) is 43.6 Å². The molecule has 0 fully saturated rings. The predicted octanol–water partition coefficient (Wildman–Crippen LogP) is 4.51. The van der Waals surface area contributed by atoms with E-state index in [0.717, 1.165) is 5.69 Å². The lowest BCUT2D eigenvalue weighted by Gasteiger charge is -2.10. The van der Waals surface area contributed by atoms with Crippen LogP contribution in [0.1, 0.15) is 15.2 Å². The summed E-state index contributed by atoms with van der Waals surface area (Å²) in [5, 5.41) is 18.4. The predicted molar refractivity (Wildman–Crippen MR) is 127 cm³/mol. The number of urea groups is 1. The molecule has 4 aromatic rings. The Kier molecular flexibility index (Phi) is 6.33. The molecule has 10 nitrogen and oxygen atoms in total. The van der Waals surface area contributed by atoms with Crippen LogP contribution >= 0.6 is 11.3 Å². The van der Waals surface area contributed by atoms with Gasteiger partial charge in [0, 0.05) is 23.1 Å². The minimum absolute atomic E-state index is 0.359. The molecule has 0 saturated carbocycles. The van der Waals surface area contributed by atoms with Gasteiger partial charge in [0.15, 0.2) is 0 Å². The number of nitrogens with one attached hydrogen (secondary N) is 4. The highest BCUT2D eigenvalue weighted by Crippen LogP contribution is 2.34. The highest BCUT2D eigenvalue weighted by Gasteiger charge is 2.19. The van der Waals surface area contributed by atoms with E-state index in [1.54, 1.807) is 68.0 Å². The first-order valence-corrected chi connectivity index (χ1v) is 10.6. The number of ether oxygens (including phenoxy) is 1. The average molecular weight is 465 g/mol. The summed E-state index contributed by atoms with van der Waals surface area (Å²) in [5.74, 6) is 0.582. The molecule has 5 N–H and O–H groups in total. The van der Waals surface area contributed by atoms with Crippen molar-refractivity contribution >= 4 is 56.4 Å². The Labute approximate surface area is 192 Å². The maximum absolute atomic E-state index is 12.3. The van der Waals surface area contributed by atoms with Crippen molar-refractivity contribution in [3.63, 3.8) is 0 Å². The van der Waals surface area contributed by atoms with Gasteiger partial charge in [-0.3, -0.25) is 10.0 Å². The zero-order chi connectivity index (χ0) is 23.4. The Balaban J connectivity index is 1.46. The molecule has 3 amide bonds. The number of carbonyl (C=O) groups excluding carboxylic acids is 2. The van der Waals surface area contributed by atoms with Crippen molar-refractivity contribution in [1.82, 2.24) is 15.4 Å². The topological polar surface area (TPSA) is 138 Å². The van der Waals surface area contributed by atoms with Crippen molar-refractivity contribution in [1.29, 1.82) is 0 Å². The molecule has 4 rings (SSSR count). The molecule has 0 spiro atoms. The number of thiophene rings is 1. The van der Waals surface area contributed by atoms with Crippen LogP contribution in [-0.2, 0) is 0 Å². The third-order valence-electron chi connectivity index (χ3n) is 4.77. The zero-order valence-corrected chi connectivity index (χ0v) is 18.5. The molecule has 33 heavy (non-hydrogen) atoms. The van der Waals surface area contributed by atoms with Crippen LogP contribution in [0.15, 0.2) is 54.9 Å². The Hall–Kier alpha value is -4.22. The molecule has 2 aromatic carbocycles. The number of hydrogen-bond donors (Lipinski definition) is 5. The SMILES string of the molecule is COc1cccc(NC(=O)Nc2ccc(Nc3ncnc4sc(C(=O)NO)c(C)c34)cc2)c1. The van der Waals surface area contributed by atoms with Crippen LogP contribution in [0, 0.1) is 6.92 Å². The van der Waals surface area contributed by atoms with Crippen molar-refractivity contribution in [2.24, 2.45) is 0 Å². The molecule has 0 atom stereocenters. The summed E-state index contributed by atoms with van der Waals surface area (Å²) in [6.07, 6.45) is 1.40. The van der Waals surface area contributed by atoms with Gasteiger partial charge < -0.3 is 20.7 Å². The number of rotatable bonds is 6. The van der Waals surface area contributed by atoms with Gasteiger partial charge in [0.1, 0.15) is 22.7 Å². The van der Waals surface area contributed by atoms with Gasteiger partial charge >= 0.3 is 6.03 Å². The number of aromatic nitrogens is 2. The molecule has 0 bridgehead atoms. The summed E-state index contributed by atoms with van der Waals surface area (Å²) < 4.78 is 5.15. The van der Waals surface area contributed by atoms with Gasteiger partial charge in [0.05, 0.1) is 17.4 Å². The largest absolute Gasteiger partial charge is 0.497 e. The summed E-state index contributed by atoms with van der Waals surface area (Å²) in [6.45, 7) is 1.77. The fourth-order valence-electron chi connectivity index (χ4n) is 3.20. The lowest BCUT2D eigenvalue weighted by atomic mass is 10.2. The molecule has 168 valence electrons. The molecule has 2 aromatic heterocycles. The Morgan fingerprint density at radius 3 is 2.45 bits per heavy atom. The average Bonchev–Trinajstić information content (AvgIpc) is 3.17. The van der Waals surface area contributed by atoms with Gasteiger partial charge in [-0.25, -0.2) is 20.2 Å². The highest BCUT2D eigenvalue weighted by molar-refractivity contribution is 7.20. The number of aryl methyl sites for hydroxylation is 1. The van der Waals surface area contributed by atoms with Gasteiger partial charge in [-0.1, -0.05) is 6.07 Å². The lowest BCUT2D eigenvalue weighted by molar-refractivity contribution is 0.0710. The van der Waals surface area contributed by atoms with Gasteiger partial charge in [-0.2, -0.15) is 0 Å². The minimum Gasteiger partial charge on any atom is -0.497 e. The second-order valence-corrected chi connectivity index (χ2v) is 7.91.